The topological polar surface area (TPSA) is 0 Å². The minimum Gasteiger partial charge on any atom is -0.147 e. The van der Waals surface area contributed by atoms with Gasteiger partial charge in [0.2, 0.25) is 0 Å². The van der Waals surface area contributed by atoms with Gasteiger partial charge in [-0.05, 0) is 6.04 Å². The monoisotopic (exact) mass is 183 g/mol. The zero-order chi connectivity index (χ0) is 7.11. The van der Waals surface area contributed by atoms with Gasteiger partial charge in [0.15, 0.2) is 0 Å². The summed E-state index contributed by atoms with van der Waals surface area (Å²) in [5.41, 5.74) is 0. The lowest BCUT2D eigenvalue weighted by Gasteiger charge is -1.96. The molecule has 1 radical (unpaired) electrons. The summed E-state index contributed by atoms with van der Waals surface area (Å²) < 4.78 is 0. The lowest BCUT2D eigenvalue weighted by molar-refractivity contribution is 0.701. The molecule has 0 saturated carbocycles. The van der Waals surface area contributed by atoms with E-state index in [4.69, 9.17) is 22.2 Å². The number of hydrogen-bond acceptors (Lipinski definition) is 0. The second-order valence-electron chi connectivity index (χ2n) is 2.15. The fourth-order valence-electron chi connectivity index (χ4n) is 0.685. The molecule has 0 spiro atoms. The van der Waals surface area contributed by atoms with Crippen LogP contribution >= 0.6 is 22.2 Å². The molecule has 0 rings (SSSR count). The van der Waals surface area contributed by atoms with E-state index < -0.39 is 7.42 Å². The summed E-state index contributed by atoms with van der Waals surface area (Å²) in [4.78, 5) is 0. The van der Waals surface area contributed by atoms with Crippen LogP contribution in [0.3, 0.4) is 0 Å². The van der Waals surface area contributed by atoms with E-state index in [2.05, 4.69) is 6.92 Å². The molecule has 0 aliphatic carbocycles. The zero-order valence-corrected chi connectivity index (χ0v) is 8.30. The van der Waals surface area contributed by atoms with Crippen molar-refractivity contribution in [1.82, 2.24) is 0 Å². The van der Waals surface area contributed by atoms with Crippen LogP contribution in [0.15, 0.2) is 0 Å². The highest BCUT2D eigenvalue weighted by Crippen LogP contribution is 2.10. The molecule has 0 aromatic heterocycles. The van der Waals surface area contributed by atoms with E-state index in [0.717, 1.165) is 6.04 Å². The maximum absolute atomic E-state index is 5.62. The average Bonchev–Trinajstić information content (AvgIpc) is 1.80. The molecule has 0 aromatic rings. The molecule has 55 valence electrons. The molecule has 0 aliphatic rings. The Balaban J connectivity index is 2.75. The van der Waals surface area contributed by atoms with Crippen molar-refractivity contribution in [3.8, 4) is 0 Å². The predicted octanol–water partition coefficient (Wildman–Crippen LogP) is 3.53. The van der Waals surface area contributed by atoms with Crippen LogP contribution in [0, 0.1) is 0 Å². The highest BCUT2D eigenvalue weighted by atomic mass is 35.7. The minimum atomic E-state index is -0.971. The largest absolute Gasteiger partial charge is 0.273 e. The molecule has 0 aromatic carbocycles. The fourth-order valence-corrected chi connectivity index (χ4v) is 2.00. The number of hydrogen-bond donors (Lipinski definition) is 0. The second kappa shape index (κ2) is 6.91. The normalized spacial score (nSPS) is 10.7. The lowest BCUT2D eigenvalue weighted by atomic mass is 10.2. The Morgan fingerprint density at radius 1 is 1.11 bits per heavy atom. The molecule has 0 amide bonds. The van der Waals surface area contributed by atoms with Crippen molar-refractivity contribution < 1.29 is 0 Å². The lowest BCUT2D eigenvalue weighted by Crippen LogP contribution is -1.90. The Morgan fingerprint density at radius 2 is 1.78 bits per heavy atom. The molecule has 0 saturated heterocycles. The molecule has 0 nitrogen and oxygen atoms in total. The first kappa shape index (κ1) is 9.80. The third kappa shape index (κ3) is 8.80. The molecule has 3 heteroatoms. The average molecular weight is 184 g/mol. The van der Waals surface area contributed by atoms with Crippen LogP contribution in [0.25, 0.3) is 0 Å². The highest BCUT2D eigenvalue weighted by Gasteiger charge is 2.00. The van der Waals surface area contributed by atoms with Gasteiger partial charge in [0.1, 0.15) is 0 Å². The summed E-state index contributed by atoms with van der Waals surface area (Å²) >= 11 is 11.2. The van der Waals surface area contributed by atoms with Gasteiger partial charge in [-0.25, -0.2) is 0 Å². The molecule has 0 fully saturated rings. The quantitative estimate of drug-likeness (QED) is 0.348. The van der Waals surface area contributed by atoms with Gasteiger partial charge < -0.3 is 0 Å². The third-order valence-corrected chi connectivity index (χ3v) is 3.08. The van der Waals surface area contributed by atoms with Gasteiger partial charge in [-0.3, -0.25) is 0 Å². The van der Waals surface area contributed by atoms with Crippen molar-refractivity contribution in [3.63, 3.8) is 0 Å². The van der Waals surface area contributed by atoms with Crippen LogP contribution in [0.2, 0.25) is 6.04 Å². The van der Waals surface area contributed by atoms with Crippen molar-refractivity contribution in [1.29, 1.82) is 0 Å². The Kier molecular flexibility index (Phi) is 7.52. The Labute approximate surface area is 68.6 Å². The van der Waals surface area contributed by atoms with Gasteiger partial charge >= 0.3 is 0 Å². The van der Waals surface area contributed by atoms with Crippen LogP contribution < -0.4 is 0 Å². The SMILES string of the molecule is CCCCCC[Si](Cl)Cl. The van der Waals surface area contributed by atoms with Gasteiger partial charge in [0.05, 0.1) is 0 Å². The van der Waals surface area contributed by atoms with E-state index in [0.29, 0.717) is 0 Å². The molecule has 0 heterocycles. The molecule has 0 atom stereocenters. The fraction of sp³-hybridized carbons (Fsp3) is 1.00. The van der Waals surface area contributed by atoms with Crippen molar-refractivity contribution in [2.24, 2.45) is 0 Å². The summed E-state index contributed by atoms with van der Waals surface area (Å²) in [7, 11) is -0.971. The van der Waals surface area contributed by atoms with Crippen LogP contribution in [0.4, 0.5) is 0 Å². The van der Waals surface area contributed by atoms with Crippen LogP contribution in [0.1, 0.15) is 32.6 Å². The van der Waals surface area contributed by atoms with Crippen molar-refractivity contribution >= 4 is 29.6 Å². The zero-order valence-electron chi connectivity index (χ0n) is 5.79. The van der Waals surface area contributed by atoms with Crippen LogP contribution in [0.5, 0.6) is 0 Å². The van der Waals surface area contributed by atoms with Crippen LogP contribution in [-0.4, -0.2) is 7.42 Å². The smallest absolute Gasteiger partial charge is 0.147 e. The highest BCUT2D eigenvalue weighted by molar-refractivity contribution is 7.33. The summed E-state index contributed by atoms with van der Waals surface area (Å²) in [5, 5.41) is 0. The van der Waals surface area contributed by atoms with Gasteiger partial charge in [0, 0.05) is 0 Å². The van der Waals surface area contributed by atoms with Gasteiger partial charge in [-0.1, -0.05) is 32.6 Å². The van der Waals surface area contributed by atoms with E-state index in [1.165, 1.54) is 25.7 Å². The molecular formula is C6H13Cl2Si. The first-order valence-electron chi connectivity index (χ1n) is 3.44. The summed E-state index contributed by atoms with van der Waals surface area (Å²) in [6.45, 7) is 2.20. The number of rotatable bonds is 5. The van der Waals surface area contributed by atoms with E-state index in [9.17, 15) is 0 Å². The van der Waals surface area contributed by atoms with Crippen molar-refractivity contribution in [2.75, 3.05) is 0 Å². The van der Waals surface area contributed by atoms with Gasteiger partial charge in [-0.15, -0.1) is 22.2 Å². The molecule has 9 heavy (non-hydrogen) atoms. The van der Waals surface area contributed by atoms with Crippen molar-refractivity contribution in [2.45, 2.75) is 38.7 Å². The van der Waals surface area contributed by atoms with E-state index >= 15 is 0 Å². The van der Waals surface area contributed by atoms with Crippen molar-refractivity contribution in [3.05, 3.63) is 0 Å². The first-order chi connectivity index (χ1) is 4.27. The van der Waals surface area contributed by atoms with Crippen LogP contribution in [-0.2, 0) is 0 Å². The molecular weight excluding hydrogens is 171 g/mol. The maximum Gasteiger partial charge on any atom is 0.273 e. The van der Waals surface area contributed by atoms with E-state index in [-0.39, 0.29) is 0 Å². The molecule has 0 aliphatic heterocycles. The van der Waals surface area contributed by atoms with Gasteiger partial charge in [0.25, 0.3) is 7.42 Å². The number of halogens is 2. The summed E-state index contributed by atoms with van der Waals surface area (Å²) in [5.74, 6) is 0. The number of unbranched alkanes of at least 4 members (excludes halogenated alkanes) is 3. The Morgan fingerprint density at radius 3 is 2.22 bits per heavy atom. The Hall–Kier alpha value is 0.797. The summed E-state index contributed by atoms with van der Waals surface area (Å²) in [6, 6.07) is 1.05. The molecule has 0 bridgehead atoms. The minimum absolute atomic E-state index is 0.971. The molecule has 0 N–H and O–H groups in total. The van der Waals surface area contributed by atoms with Gasteiger partial charge in [-0.2, -0.15) is 0 Å². The third-order valence-electron chi connectivity index (χ3n) is 1.22. The standard InChI is InChI=1S/C6H13Cl2Si/c1-2-3-4-5-6-9(7)8/h2-6H2,1H3. The second-order valence-corrected chi connectivity index (χ2v) is 6.64. The first-order valence-corrected chi connectivity index (χ1v) is 7.17. The van der Waals surface area contributed by atoms with E-state index in [1.54, 1.807) is 0 Å². The summed E-state index contributed by atoms with van der Waals surface area (Å²) in [6.07, 6.45) is 5.12. The molecule has 0 unspecified atom stereocenters. The Bertz CT molecular complexity index is 57.0. The maximum atomic E-state index is 5.62. The predicted molar refractivity (Wildman–Crippen MR) is 46.4 cm³/mol. The van der Waals surface area contributed by atoms with E-state index in [1.807, 2.05) is 0 Å².